The van der Waals surface area contributed by atoms with E-state index in [0.717, 1.165) is 25.7 Å². The lowest BCUT2D eigenvalue weighted by atomic mass is 9.85. The molecule has 2 amide bonds. The lowest BCUT2D eigenvalue weighted by molar-refractivity contribution is -0.151. The normalized spacial score (nSPS) is 25.6. The summed E-state index contributed by atoms with van der Waals surface area (Å²) in [7, 11) is 1.54. The molecule has 1 aliphatic heterocycles. The van der Waals surface area contributed by atoms with Crippen molar-refractivity contribution in [2.45, 2.75) is 84.1 Å². The fraction of sp³-hybridized carbons (Fsp3) is 0.581. The molecule has 2 heterocycles. The maximum absolute atomic E-state index is 14.0. The number of carbonyl (C=O) groups is 3. The maximum Gasteiger partial charge on any atom is 0.408 e. The van der Waals surface area contributed by atoms with Crippen LogP contribution in [0.1, 0.15) is 60.3 Å². The predicted molar refractivity (Wildman–Crippen MR) is 161 cm³/mol. The van der Waals surface area contributed by atoms with Crippen molar-refractivity contribution >= 4 is 40.6 Å². The van der Waals surface area contributed by atoms with Crippen LogP contribution in [0.25, 0.3) is 11.0 Å². The molecule has 234 valence electrons. The molecule has 1 aliphatic carbocycles. The van der Waals surface area contributed by atoms with Crippen LogP contribution in [0, 0.1) is 17.3 Å². The first-order chi connectivity index (χ1) is 20.2. The molecule has 6 atom stereocenters. The molecule has 0 bridgehead atoms. The lowest BCUT2D eigenvalue weighted by Crippen LogP contribution is -2.57. The Balaban J connectivity index is 1.51. The van der Waals surface area contributed by atoms with Crippen molar-refractivity contribution in [3.8, 4) is 11.6 Å². The Morgan fingerprint density at radius 1 is 1.28 bits per heavy atom. The first-order valence-electron chi connectivity index (χ1n) is 14.5. The van der Waals surface area contributed by atoms with E-state index in [-0.39, 0.29) is 23.5 Å². The van der Waals surface area contributed by atoms with Crippen LogP contribution in [0.4, 0.5) is 4.79 Å². The number of halogens is 1. The molecular weight excluding hydrogens is 576 g/mol. The third-order valence-corrected chi connectivity index (χ3v) is 8.66. The summed E-state index contributed by atoms with van der Waals surface area (Å²) in [6.07, 6.45) is 3.95. The summed E-state index contributed by atoms with van der Waals surface area (Å²) in [4.78, 5) is 49.5. The van der Waals surface area contributed by atoms with Gasteiger partial charge in [-0.25, -0.2) is 19.6 Å². The monoisotopic (exact) mass is 616 g/mol. The number of carboxylic acids is 1. The van der Waals surface area contributed by atoms with E-state index in [2.05, 4.69) is 21.9 Å². The first-order valence-corrected chi connectivity index (χ1v) is 14.9. The van der Waals surface area contributed by atoms with Crippen LogP contribution in [0.2, 0.25) is 5.15 Å². The summed E-state index contributed by atoms with van der Waals surface area (Å²) >= 11 is 6.38. The molecular formula is C31H41ClN4O7. The fourth-order valence-corrected chi connectivity index (χ4v) is 5.86. The van der Waals surface area contributed by atoms with Gasteiger partial charge in [0.15, 0.2) is 5.15 Å². The van der Waals surface area contributed by atoms with Crippen molar-refractivity contribution in [2.24, 2.45) is 17.3 Å². The van der Waals surface area contributed by atoms with Gasteiger partial charge in [-0.2, -0.15) is 0 Å². The minimum atomic E-state index is -1.21. The highest BCUT2D eigenvalue weighted by Crippen LogP contribution is 2.49. The molecule has 1 saturated carbocycles. The summed E-state index contributed by atoms with van der Waals surface area (Å²) in [5.74, 6) is -1.51. The van der Waals surface area contributed by atoms with Crippen LogP contribution >= 0.6 is 11.6 Å². The number of rotatable bonds is 11. The molecule has 2 fully saturated rings. The number of alkyl carbamates (subject to hydrolysis) is 1. The second-order valence-corrected chi connectivity index (χ2v) is 13.1. The number of aromatic nitrogens is 2. The number of carboxylic acid groups (broad SMARTS) is 1. The number of hydrogen-bond acceptors (Lipinski definition) is 8. The molecule has 1 aromatic heterocycles. The number of likely N-dealkylation sites (tertiary alicyclic amines) is 1. The van der Waals surface area contributed by atoms with Gasteiger partial charge in [-0.1, -0.05) is 45.4 Å². The van der Waals surface area contributed by atoms with E-state index in [4.69, 9.17) is 25.8 Å². The van der Waals surface area contributed by atoms with Crippen molar-refractivity contribution in [3.63, 3.8) is 0 Å². The van der Waals surface area contributed by atoms with Crippen LogP contribution in [0.3, 0.4) is 0 Å². The fourth-order valence-electron chi connectivity index (χ4n) is 5.68. The van der Waals surface area contributed by atoms with Crippen LogP contribution in [-0.4, -0.2) is 75.4 Å². The van der Waals surface area contributed by atoms with Gasteiger partial charge in [-0.05, 0) is 50.2 Å². The van der Waals surface area contributed by atoms with Gasteiger partial charge in [0.25, 0.3) is 5.88 Å². The highest BCUT2D eigenvalue weighted by molar-refractivity contribution is 6.31. The van der Waals surface area contributed by atoms with Gasteiger partial charge in [-0.15, -0.1) is 6.58 Å². The first kappa shape index (κ1) is 32.3. The minimum Gasteiger partial charge on any atom is -0.497 e. The summed E-state index contributed by atoms with van der Waals surface area (Å²) < 4.78 is 17.1. The number of nitrogens with zero attached hydrogens (tertiary/aromatic N) is 3. The number of ether oxygens (including phenoxy) is 3. The van der Waals surface area contributed by atoms with Crippen LogP contribution < -0.4 is 14.8 Å². The molecule has 11 nitrogen and oxygen atoms in total. The highest BCUT2D eigenvalue weighted by atomic mass is 35.5. The highest BCUT2D eigenvalue weighted by Gasteiger charge is 2.54. The average Bonchev–Trinajstić information content (AvgIpc) is 3.44. The van der Waals surface area contributed by atoms with Gasteiger partial charge < -0.3 is 29.5 Å². The summed E-state index contributed by atoms with van der Waals surface area (Å²) in [6.45, 7) is 12.7. The molecule has 12 heteroatoms. The van der Waals surface area contributed by atoms with Crippen molar-refractivity contribution in [1.29, 1.82) is 0 Å². The van der Waals surface area contributed by atoms with E-state index in [1.165, 1.54) is 12.0 Å². The number of carbonyl (C=O) groups excluding carboxylic acids is 2. The molecule has 2 aliphatic rings. The molecule has 4 rings (SSSR count). The quantitative estimate of drug-likeness (QED) is 0.256. The number of nitrogens with one attached hydrogen (secondary N) is 1. The van der Waals surface area contributed by atoms with Gasteiger partial charge in [0, 0.05) is 17.9 Å². The molecule has 0 radical (unpaired) electrons. The van der Waals surface area contributed by atoms with E-state index in [9.17, 15) is 19.5 Å². The second kappa shape index (κ2) is 12.6. The molecule has 43 heavy (non-hydrogen) atoms. The van der Waals surface area contributed by atoms with Gasteiger partial charge in [0.05, 0.1) is 24.7 Å². The predicted octanol–water partition coefficient (Wildman–Crippen LogP) is 5.25. The average molecular weight is 617 g/mol. The zero-order chi connectivity index (χ0) is 31.7. The molecule has 2 aromatic rings. The number of hydrogen-bond donors (Lipinski definition) is 2. The summed E-state index contributed by atoms with van der Waals surface area (Å²) in [5, 5.41) is 12.9. The van der Waals surface area contributed by atoms with Crippen LogP contribution in [0.5, 0.6) is 11.6 Å². The Bertz CT molecular complexity index is 1400. The smallest absolute Gasteiger partial charge is 0.408 e. The molecule has 2 unspecified atom stereocenters. The molecule has 0 spiro atoms. The third kappa shape index (κ3) is 7.14. The van der Waals surface area contributed by atoms with E-state index < -0.39 is 53.1 Å². The number of amides is 2. The van der Waals surface area contributed by atoms with Crippen molar-refractivity contribution in [3.05, 3.63) is 36.0 Å². The zero-order valence-corrected chi connectivity index (χ0v) is 26.3. The number of aliphatic carboxylic acids is 1. The van der Waals surface area contributed by atoms with Crippen molar-refractivity contribution in [2.75, 3.05) is 13.7 Å². The van der Waals surface area contributed by atoms with E-state index in [1.54, 1.807) is 45.9 Å². The van der Waals surface area contributed by atoms with Gasteiger partial charge >= 0.3 is 12.1 Å². The Labute approximate surface area is 256 Å². The maximum atomic E-state index is 14.0. The summed E-state index contributed by atoms with van der Waals surface area (Å²) in [5.41, 5.74) is -0.325. The topological polar surface area (TPSA) is 140 Å². The van der Waals surface area contributed by atoms with E-state index >= 15 is 0 Å². The Morgan fingerprint density at radius 2 is 2.00 bits per heavy atom. The standard InChI is InChI=1S/C31H41ClN4O7/c1-8-9-10-11-18-15-31(18,6)43-29(40)35-24(30(3,4)5)27(37)36-16-22(17(2)23(36)28(38)39)42-26-25(32)33-20-13-12-19(41-7)14-21(20)34-26/h8,12-14,17-18,22-24H,1,9-11,15-16H2,2-7H3,(H,35,40)(H,38,39)/t17-,18?,22+,23+,24-,31?/m1/s1. The van der Waals surface area contributed by atoms with Crippen molar-refractivity contribution < 1.29 is 33.7 Å². The van der Waals surface area contributed by atoms with E-state index in [0.29, 0.717) is 16.8 Å². The lowest BCUT2D eigenvalue weighted by Gasteiger charge is -2.35. The second-order valence-electron chi connectivity index (χ2n) is 12.7. The summed E-state index contributed by atoms with van der Waals surface area (Å²) in [6, 6.07) is 2.88. The zero-order valence-electron chi connectivity index (χ0n) is 25.6. The van der Waals surface area contributed by atoms with Gasteiger partial charge in [0.2, 0.25) is 5.91 Å². The largest absolute Gasteiger partial charge is 0.497 e. The Morgan fingerprint density at radius 3 is 2.63 bits per heavy atom. The number of methoxy groups -OCH3 is 1. The molecule has 2 N–H and O–H groups in total. The van der Waals surface area contributed by atoms with Gasteiger partial charge in [-0.3, -0.25) is 4.79 Å². The van der Waals surface area contributed by atoms with Gasteiger partial charge in [0.1, 0.15) is 29.5 Å². The minimum absolute atomic E-state index is 0.00914. The number of unbranched alkanes of at least 4 members (excludes halogenated alkanes) is 1. The number of fused-ring (bicyclic) bond motifs is 1. The SMILES string of the molecule is C=CCCCC1CC1(C)OC(=O)N[C@H](C(=O)N1C[C@H](Oc2nc3cc(OC)ccc3nc2Cl)[C@@H](C)[C@H]1C(=O)O)C(C)(C)C. The van der Waals surface area contributed by atoms with Crippen LogP contribution in [0.15, 0.2) is 30.9 Å². The Hall–Kier alpha value is -3.60. The van der Waals surface area contributed by atoms with E-state index in [1.807, 2.05) is 13.0 Å². The number of benzene rings is 1. The van der Waals surface area contributed by atoms with Crippen molar-refractivity contribution in [1.82, 2.24) is 20.2 Å². The third-order valence-electron chi connectivity index (χ3n) is 8.41. The Kier molecular flexibility index (Phi) is 9.44. The van der Waals surface area contributed by atoms with Crippen LogP contribution in [-0.2, 0) is 14.3 Å². The number of allylic oxidation sites excluding steroid dienone is 1. The molecule has 1 saturated heterocycles. The molecule has 1 aromatic carbocycles.